The third-order valence-corrected chi connectivity index (χ3v) is 2.44. The van der Waals surface area contributed by atoms with Crippen LogP contribution in [-0.4, -0.2) is 34.9 Å². The van der Waals surface area contributed by atoms with E-state index < -0.39 is 0 Å². The number of nitrogens with one attached hydrogen (secondary N) is 2. The van der Waals surface area contributed by atoms with Crippen LogP contribution in [0.3, 0.4) is 0 Å². The number of aromatic nitrogens is 1. The number of aryl methyl sites for hydroxylation is 2. The van der Waals surface area contributed by atoms with Crippen molar-refractivity contribution in [2.75, 3.05) is 13.2 Å². The van der Waals surface area contributed by atoms with Crippen LogP contribution in [0.2, 0.25) is 0 Å². The number of ketones is 1. The van der Waals surface area contributed by atoms with Crippen molar-refractivity contribution in [2.24, 2.45) is 0 Å². The van der Waals surface area contributed by atoms with Crippen molar-refractivity contribution in [3.8, 4) is 0 Å². The highest BCUT2D eigenvalue weighted by atomic mass is 16.3. The lowest BCUT2D eigenvalue weighted by atomic mass is 10.1. The number of aliphatic hydroxyl groups excluding tert-OH is 1. The molecule has 0 aliphatic carbocycles. The van der Waals surface area contributed by atoms with Crippen molar-refractivity contribution in [1.29, 1.82) is 0 Å². The molecule has 0 unspecified atom stereocenters. The number of hydrogen-bond donors (Lipinski definition) is 3. The molecule has 0 aromatic carbocycles. The molecular formula is C12H18N2O3. The molecular weight excluding hydrogens is 220 g/mol. The fourth-order valence-electron chi connectivity index (χ4n) is 1.65. The van der Waals surface area contributed by atoms with Crippen LogP contribution in [0.4, 0.5) is 0 Å². The molecule has 0 aliphatic rings. The summed E-state index contributed by atoms with van der Waals surface area (Å²) in [5.41, 5.74) is 2.43. The molecule has 1 heterocycles. The predicted molar refractivity (Wildman–Crippen MR) is 63.9 cm³/mol. The maximum Gasteiger partial charge on any atom is 0.220 e. The van der Waals surface area contributed by atoms with Gasteiger partial charge in [0.05, 0.1) is 12.3 Å². The molecule has 0 saturated carbocycles. The summed E-state index contributed by atoms with van der Waals surface area (Å²) in [7, 11) is 0. The van der Waals surface area contributed by atoms with Crippen molar-refractivity contribution in [3.63, 3.8) is 0 Å². The second-order valence-corrected chi connectivity index (χ2v) is 4.01. The zero-order valence-electron chi connectivity index (χ0n) is 10.2. The van der Waals surface area contributed by atoms with Crippen LogP contribution >= 0.6 is 0 Å². The smallest absolute Gasteiger partial charge is 0.220 e. The van der Waals surface area contributed by atoms with E-state index in [0.29, 0.717) is 5.69 Å². The lowest BCUT2D eigenvalue weighted by Crippen LogP contribution is -2.26. The molecule has 0 saturated heterocycles. The summed E-state index contributed by atoms with van der Waals surface area (Å²) in [5.74, 6) is -0.275. The Morgan fingerprint density at radius 2 is 2.06 bits per heavy atom. The van der Waals surface area contributed by atoms with Crippen LogP contribution in [0, 0.1) is 13.8 Å². The first-order chi connectivity index (χ1) is 8.04. The van der Waals surface area contributed by atoms with Gasteiger partial charge in [0.25, 0.3) is 0 Å². The van der Waals surface area contributed by atoms with Crippen LogP contribution in [0.15, 0.2) is 6.07 Å². The lowest BCUT2D eigenvalue weighted by Gasteiger charge is -2.02. The minimum Gasteiger partial charge on any atom is -0.395 e. The summed E-state index contributed by atoms with van der Waals surface area (Å²) in [6.45, 7) is 3.89. The molecule has 0 atom stereocenters. The molecule has 1 aromatic heterocycles. The normalized spacial score (nSPS) is 10.3. The summed E-state index contributed by atoms with van der Waals surface area (Å²) >= 11 is 0. The Hall–Kier alpha value is -1.62. The Bertz CT molecular complexity index is 410. The van der Waals surface area contributed by atoms with Gasteiger partial charge in [0.15, 0.2) is 5.78 Å². The summed E-state index contributed by atoms with van der Waals surface area (Å²) in [6, 6.07) is 1.90. The Morgan fingerprint density at radius 3 is 2.59 bits per heavy atom. The molecule has 94 valence electrons. The average molecular weight is 238 g/mol. The Morgan fingerprint density at radius 1 is 1.35 bits per heavy atom. The third-order valence-electron chi connectivity index (χ3n) is 2.44. The second kappa shape index (κ2) is 6.20. The molecule has 3 N–H and O–H groups in total. The molecule has 1 rings (SSSR count). The van der Waals surface area contributed by atoms with E-state index in [-0.39, 0.29) is 37.7 Å². The summed E-state index contributed by atoms with van der Waals surface area (Å²) in [4.78, 5) is 26.0. The number of H-pyrrole nitrogens is 1. The SMILES string of the molecule is Cc1cc(C)c(C(=O)CCC(=O)NCCO)[nH]1. The number of amides is 1. The lowest BCUT2D eigenvalue weighted by molar-refractivity contribution is -0.121. The van der Waals surface area contributed by atoms with E-state index in [0.717, 1.165) is 11.3 Å². The molecule has 0 radical (unpaired) electrons. The fraction of sp³-hybridized carbons (Fsp3) is 0.500. The van der Waals surface area contributed by atoms with Gasteiger partial charge in [0.2, 0.25) is 5.91 Å². The minimum absolute atomic E-state index is 0.0604. The maximum absolute atomic E-state index is 11.8. The molecule has 1 aromatic rings. The molecule has 17 heavy (non-hydrogen) atoms. The standard InChI is InChI=1S/C12H18N2O3/c1-8-7-9(2)14-12(8)10(16)3-4-11(17)13-5-6-15/h7,14-15H,3-6H2,1-2H3,(H,13,17). The molecule has 0 aliphatic heterocycles. The van der Waals surface area contributed by atoms with E-state index in [4.69, 9.17) is 5.11 Å². The van der Waals surface area contributed by atoms with Gasteiger partial charge in [-0.2, -0.15) is 0 Å². The van der Waals surface area contributed by atoms with E-state index in [2.05, 4.69) is 10.3 Å². The van der Waals surface area contributed by atoms with E-state index in [1.54, 1.807) is 0 Å². The number of rotatable bonds is 6. The van der Waals surface area contributed by atoms with Gasteiger partial charge in [-0.05, 0) is 25.5 Å². The number of hydrogen-bond acceptors (Lipinski definition) is 3. The first kappa shape index (κ1) is 13.4. The van der Waals surface area contributed by atoms with Crippen LogP contribution in [-0.2, 0) is 4.79 Å². The first-order valence-corrected chi connectivity index (χ1v) is 5.61. The Labute approximate surface area is 100 Å². The van der Waals surface area contributed by atoms with Crippen LogP contribution < -0.4 is 5.32 Å². The van der Waals surface area contributed by atoms with Gasteiger partial charge in [-0.1, -0.05) is 0 Å². The minimum atomic E-state index is -0.215. The van der Waals surface area contributed by atoms with E-state index in [1.807, 2.05) is 19.9 Å². The third kappa shape index (κ3) is 4.03. The van der Waals surface area contributed by atoms with E-state index >= 15 is 0 Å². The summed E-state index contributed by atoms with van der Waals surface area (Å²) < 4.78 is 0. The van der Waals surface area contributed by atoms with Crippen molar-refractivity contribution < 1.29 is 14.7 Å². The number of Topliss-reactive ketones (excluding diaryl/α,β-unsaturated/α-hetero) is 1. The zero-order valence-corrected chi connectivity index (χ0v) is 10.2. The quantitative estimate of drug-likeness (QED) is 0.638. The van der Waals surface area contributed by atoms with Crippen molar-refractivity contribution >= 4 is 11.7 Å². The molecule has 5 heteroatoms. The first-order valence-electron chi connectivity index (χ1n) is 5.61. The van der Waals surface area contributed by atoms with Gasteiger partial charge in [0, 0.05) is 25.1 Å². The number of carbonyl (C=O) groups is 2. The maximum atomic E-state index is 11.8. The van der Waals surface area contributed by atoms with E-state index in [1.165, 1.54) is 0 Å². The van der Waals surface area contributed by atoms with Gasteiger partial charge in [0.1, 0.15) is 0 Å². The highest BCUT2D eigenvalue weighted by Crippen LogP contribution is 2.12. The summed E-state index contributed by atoms with van der Waals surface area (Å²) in [5, 5.41) is 11.0. The van der Waals surface area contributed by atoms with Crippen LogP contribution in [0.25, 0.3) is 0 Å². The Kier molecular flexibility index (Phi) is 4.90. The number of carbonyl (C=O) groups excluding carboxylic acids is 2. The van der Waals surface area contributed by atoms with Gasteiger partial charge in [-0.25, -0.2) is 0 Å². The van der Waals surface area contributed by atoms with Crippen molar-refractivity contribution in [1.82, 2.24) is 10.3 Å². The highest BCUT2D eigenvalue weighted by molar-refractivity contribution is 5.97. The van der Waals surface area contributed by atoms with Gasteiger partial charge in [-0.3, -0.25) is 9.59 Å². The highest BCUT2D eigenvalue weighted by Gasteiger charge is 2.13. The summed E-state index contributed by atoms with van der Waals surface area (Å²) in [6.07, 6.45) is 0.328. The molecule has 5 nitrogen and oxygen atoms in total. The second-order valence-electron chi connectivity index (χ2n) is 4.01. The van der Waals surface area contributed by atoms with Crippen LogP contribution in [0.1, 0.15) is 34.6 Å². The van der Waals surface area contributed by atoms with E-state index in [9.17, 15) is 9.59 Å². The molecule has 0 spiro atoms. The molecule has 0 bridgehead atoms. The zero-order chi connectivity index (χ0) is 12.8. The molecule has 0 fully saturated rings. The predicted octanol–water partition coefficient (Wildman–Crippen LogP) is 0.703. The van der Waals surface area contributed by atoms with Crippen molar-refractivity contribution in [2.45, 2.75) is 26.7 Å². The van der Waals surface area contributed by atoms with Crippen molar-refractivity contribution in [3.05, 3.63) is 23.0 Å². The topological polar surface area (TPSA) is 82.2 Å². The number of aliphatic hydroxyl groups is 1. The average Bonchev–Trinajstić information content (AvgIpc) is 2.62. The fourth-order valence-corrected chi connectivity index (χ4v) is 1.65. The van der Waals surface area contributed by atoms with Crippen LogP contribution in [0.5, 0.6) is 0 Å². The Balaban J connectivity index is 2.45. The van der Waals surface area contributed by atoms with Gasteiger partial charge >= 0.3 is 0 Å². The number of aromatic amines is 1. The largest absolute Gasteiger partial charge is 0.395 e. The van der Waals surface area contributed by atoms with Gasteiger partial charge in [-0.15, -0.1) is 0 Å². The monoisotopic (exact) mass is 238 g/mol. The van der Waals surface area contributed by atoms with Gasteiger partial charge < -0.3 is 15.4 Å². The molecule has 1 amide bonds.